The monoisotopic (exact) mass is 336 g/mol. The summed E-state index contributed by atoms with van der Waals surface area (Å²) >= 11 is 0. The van der Waals surface area contributed by atoms with Crippen molar-refractivity contribution in [2.75, 3.05) is 0 Å². The molecule has 0 aliphatic heterocycles. The number of aryl methyl sites for hydroxylation is 2. The van der Waals surface area contributed by atoms with Gasteiger partial charge in [0.15, 0.2) is 0 Å². The Balaban J connectivity index is 1.81. The summed E-state index contributed by atoms with van der Waals surface area (Å²) in [5.41, 5.74) is 4.32. The van der Waals surface area contributed by atoms with Crippen LogP contribution in [0.4, 0.5) is 0 Å². The van der Waals surface area contributed by atoms with Gasteiger partial charge >= 0.3 is 5.97 Å². The molecule has 2 heteroatoms. The highest BCUT2D eigenvalue weighted by Gasteiger charge is 2.09. The molecule has 0 saturated heterocycles. The van der Waals surface area contributed by atoms with Gasteiger partial charge in [-0.25, -0.2) is 4.79 Å². The van der Waals surface area contributed by atoms with Crippen molar-refractivity contribution in [1.29, 1.82) is 0 Å². The molecule has 2 aromatic carbocycles. The van der Waals surface area contributed by atoms with E-state index < -0.39 is 5.97 Å². The maximum Gasteiger partial charge on any atom is 0.331 e. The molecule has 2 rings (SSSR count). The second kappa shape index (κ2) is 10.5. The first-order valence-corrected chi connectivity index (χ1v) is 9.16. The molecule has 0 amide bonds. The summed E-state index contributed by atoms with van der Waals surface area (Å²) in [5, 5.41) is 9.35. The number of unbranched alkanes of at least 4 members (excludes halogenated alkanes) is 1. The van der Waals surface area contributed by atoms with Crippen LogP contribution in [0.2, 0.25) is 0 Å². The van der Waals surface area contributed by atoms with Crippen LogP contribution >= 0.6 is 0 Å². The second-order valence-electron chi connectivity index (χ2n) is 6.57. The van der Waals surface area contributed by atoms with Crippen LogP contribution in [0.5, 0.6) is 0 Å². The lowest BCUT2D eigenvalue weighted by Crippen LogP contribution is -2.02. The van der Waals surface area contributed by atoms with Gasteiger partial charge in [0.1, 0.15) is 0 Å². The summed E-state index contributed by atoms with van der Waals surface area (Å²) in [6.07, 6.45) is 6.96. The zero-order valence-corrected chi connectivity index (χ0v) is 15.1. The standard InChI is InChI=1S/C23H28O2/c1-19(23(24)25)22(18-10-16-21-13-6-3-7-14-21)17-9-8-15-20-11-4-2-5-12-20/h2-7,11-14H,8-10,15-18H2,1H3,(H,24,25). The highest BCUT2D eigenvalue weighted by atomic mass is 16.4. The van der Waals surface area contributed by atoms with Crippen LogP contribution in [0.1, 0.15) is 50.2 Å². The number of hydrogen-bond acceptors (Lipinski definition) is 1. The summed E-state index contributed by atoms with van der Waals surface area (Å²) in [6, 6.07) is 20.9. The van der Waals surface area contributed by atoms with Crippen LogP contribution in [0, 0.1) is 0 Å². The van der Waals surface area contributed by atoms with Crippen molar-refractivity contribution in [3.8, 4) is 0 Å². The van der Waals surface area contributed by atoms with E-state index in [9.17, 15) is 9.90 Å². The van der Waals surface area contributed by atoms with Crippen molar-refractivity contribution in [3.63, 3.8) is 0 Å². The fourth-order valence-corrected chi connectivity index (χ4v) is 3.11. The molecule has 0 aromatic heterocycles. The Morgan fingerprint density at radius 2 is 1.24 bits per heavy atom. The van der Waals surface area contributed by atoms with Gasteiger partial charge in [-0.1, -0.05) is 66.2 Å². The molecule has 25 heavy (non-hydrogen) atoms. The number of hydrogen-bond donors (Lipinski definition) is 1. The molecule has 2 nitrogen and oxygen atoms in total. The lowest BCUT2D eigenvalue weighted by atomic mass is 9.95. The molecule has 1 N–H and O–H groups in total. The number of benzene rings is 2. The Labute approximate surface area is 151 Å². The fraction of sp³-hybridized carbons (Fsp3) is 0.348. The Bertz CT molecular complexity index is 672. The Morgan fingerprint density at radius 3 is 1.76 bits per heavy atom. The van der Waals surface area contributed by atoms with E-state index in [4.69, 9.17) is 0 Å². The lowest BCUT2D eigenvalue weighted by molar-refractivity contribution is -0.132. The van der Waals surface area contributed by atoms with E-state index in [1.807, 2.05) is 12.1 Å². The third kappa shape index (κ3) is 6.96. The first kappa shape index (κ1) is 19.0. The zero-order chi connectivity index (χ0) is 17.9. The van der Waals surface area contributed by atoms with Crippen molar-refractivity contribution in [1.82, 2.24) is 0 Å². The number of aliphatic carboxylic acids is 1. The third-order valence-electron chi connectivity index (χ3n) is 4.67. The van der Waals surface area contributed by atoms with E-state index in [1.165, 1.54) is 11.1 Å². The molecule has 0 saturated carbocycles. The van der Waals surface area contributed by atoms with E-state index in [1.54, 1.807) is 6.92 Å². The predicted molar refractivity (Wildman–Crippen MR) is 104 cm³/mol. The molecule has 0 unspecified atom stereocenters. The maximum absolute atomic E-state index is 11.4. The van der Waals surface area contributed by atoms with Crippen molar-refractivity contribution in [2.24, 2.45) is 0 Å². The number of rotatable bonds is 10. The molecule has 0 atom stereocenters. The van der Waals surface area contributed by atoms with Crippen molar-refractivity contribution >= 4 is 5.97 Å². The Kier molecular flexibility index (Phi) is 7.97. The van der Waals surface area contributed by atoms with Gasteiger partial charge in [-0.3, -0.25) is 0 Å². The SMILES string of the molecule is CC(C(=O)O)=C(CCCCc1ccccc1)CCCc1ccccc1. The number of carboxylic acids is 1. The Hall–Kier alpha value is -2.35. The summed E-state index contributed by atoms with van der Waals surface area (Å²) in [7, 11) is 0. The van der Waals surface area contributed by atoms with Crippen molar-refractivity contribution in [3.05, 3.63) is 82.9 Å². The molecule has 0 bridgehead atoms. The van der Waals surface area contributed by atoms with Crippen molar-refractivity contribution < 1.29 is 9.90 Å². The molecule has 0 radical (unpaired) electrons. The Morgan fingerprint density at radius 1 is 0.760 bits per heavy atom. The molecule has 0 aliphatic rings. The van der Waals surface area contributed by atoms with E-state index >= 15 is 0 Å². The molecular formula is C23H28O2. The number of carboxylic acid groups (broad SMARTS) is 1. The van der Waals surface area contributed by atoms with Gasteiger partial charge in [0.2, 0.25) is 0 Å². The van der Waals surface area contributed by atoms with Gasteiger partial charge in [-0.05, 0) is 63.0 Å². The van der Waals surface area contributed by atoms with Crippen LogP contribution in [0.15, 0.2) is 71.8 Å². The average molecular weight is 336 g/mol. The summed E-state index contributed by atoms with van der Waals surface area (Å²) < 4.78 is 0. The largest absolute Gasteiger partial charge is 0.478 e. The third-order valence-corrected chi connectivity index (χ3v) is 4.67. The van der Waals surface area contributed by atoms with Gasteiger partial charge < -0.3 is 5.11 Å². The van der Waals surface area contributed by atoms with Crippen molar-refractivity contribution in [2.45, 2.75) is 51.9 Å². The van der Waals surface area contributed by atoms with E-state index in [0.717, 1.165) is 50.5 Å². The fourth-order valence-electron chi connectivity index (χ4n) is 3.11. The normalized spacial score (nSPS) is 11.9. The minimum atomic E-state index is -0.780. The molecule has 0 spiro atoms. The van der Waals surface area contributed by atoms with Crippen LogP contribution in [0.25, 0.3) is 0 Å². The zero-order valence-electron chi connectivity index (χ0n) is 15.1. The topological polar surface area (TPSA) is 37.3 Å². The summed E-state index contributed by atoms with van der Waals surface area (Å²) in [4.78, 5) is 11.4. The number of carbonyl (C=O) groups is 1. The minimum Gasteiger partial charge on any atom is -0.478 e. The second-order valence-corrected chi connectivity index (χ2v) is 6.57. The van der Waals surface area contributed by atoms with Crippen LogP contribution in [-0.2, 0) is 17.6 Å². The molecular weight excluding hydrogens is 308 g/mol. The molecule has 0 fully saturated rings. The van der Waals surface area contributed by atoms with E-state index in [2.05, 4.69) is 48.5 Å². The summed E-state index contributed by atoms with van der Waals surface area (Å²) in [5.74, 6) is -0.780. The molecule has 0 aliphatic carbocycles. The predicted octanol–water partition coefficient (Wildman–Crippen LogP) is 5.82. The molecule has 2 aromatic rings. The van der Waals surface area contributed by atoms with Gasteiger partial charge in [-0.15, -0.1) is 0 Å². The molecule has 132 valence electrons. The quantitative estimate of drug-likeness (QED) is 0.438. The van der Waals surface area contributed by atoms with Gasteiger partial charge in [-0.2, -0.15) is 0 Å². The van der Waals surface area contributed by atoms with Gasteiger partial charge in [0, 0.05) is 5.57 Å². The van der Waals surface area contributed by atoms with Crippen LogP contribution < -0.4 is 0 Å². The van der Waals surface area contributed by atoms with Crippen LogP contribution in [-0.4, -0.2) is 11.1 Å². The smallest absolute Gasteiger partial charge is 0.331 e. The lowest BCUT2D eigenvalue weighted by Gasteiger charge is -2.11. The van der Waals surface area contributed by atoms with Crippen LogP contribution in [0.3, 0.4) is 0 Å². The number of allylic oxidation sites excluding steroid dienone is 1. The highest BCUT2D eigenvalue weighted by molar-refractivity contribution is 5.86. The maximum atomic E-state index is 11.4. The van der Waals surface area contributed by atoms with E-state index in [0.29, 0.717) is 5.57 Å². The minimum absolute atomic E-state index is 0.535. The average Bonchev–Trinajstić information content (AvgIpc) is 2.64. The first-order valence-electron chi connectivity index (χ1n) is 9.16. The van der Waals surface area contributed by atoms with Gasteiger partial charge in [0.25, 0.3) is 0 Å². The van der Waals surface area contributed by atoms with E-state index in [-0.39, 0.29) is 0 Å². The van der Waals surface area contributed by atoms with Gasteiger partial charge in [0.05, 0.1) is 0 Å². The first-order chi connectivity index (χ1) is 12.2. The highest BCUT2D eigenvalue weighted by Crippen LogP contribution is 2.21. The molecule has 0 heterocycles. The summed E-state index contributed by atoms with van der Waals surface area (Å²) in [6.45, 7) is 1.75.